The van der Waals surface area contributed by atoms with E-state index in [0.29, 0.717) is 0 Å². The fourth-order valence-electron chi connectivity index (χ4n) is 3.47. The lowest BCUT2D eigenvalue weighted by Gasteiger charge is -2.34. The number of nitrogens with zero attached hydrogens (tertiary/aromatic N) is 3. The first-order valence-electron chi connectivity index (χ1n) is 8.08. The summed E-state index contributed by atoms with van der Waals surface area (Å²) in [5.74, 6) is 1.84. The summed E-state index contributed by atoms with van der Waals surface area (Å²) >= 11 is 0. The van der Waals surface area contributed by atoms with Crippen molar-refractivity contribution < 1.29 is 4.42 Å². The number of furan rings is 1. The van der Waals surface area contributed by atoms with Crippen molar-refractivity contribution in [2.24, 2.45) is 0 Å². The number of benzene rings is 1. The summed E-state index contributed by atoms with van der Waals surface area (Å²) in [5.41, 5.74) is 3.09. The Balaban J connectivity index is 1.68. The second-order valence-corrected chi connectivity index (χ2v) is 5.99. The molecule has 1 aliphatic heterocycles. The molecule has 0 aliphatic carbocycles. The van der Waals surface area contributed by atoms with Gasteiger partial charge in [-0.1, -0.05) is 24.3 Å². The fraction of sp³-hybridized carbons (Fsp3) is 0.158. The zero-order valence-corrected chi connectivity index (χ0v) is 13.0. The molecule has 0 radical (unpaired) electrons. The lowest BCUT2D eigenvalue weighted by Crippen LogP contribution is -2.36. The minimum atomic E-state index is -0.0673. The predicted octanol–water partition coefficient (Wildman–Crippen LogP) is 3.70. The molecule has 0 fully saturated rings. The van der Waals surface area contributed by atoms with Gasteiger partial charge in [-0.25, -0.2) is 9.97 Å². The van der Waals surface area contributed by atoms with Gasteiger partial charge in [0.15, 0.2) is 0 Å². The zero-order valence-electron chi connectivity index (χ0n) is 13.0. The summed E-state index contributed by atoms with van der Waals surface area (Å²) in [6.45, 7) is 0.869. The maximum atomic E-state index is 6.16. The van der Waals surface area contributed by atoms with Gasteiger partial charge in [-0.05, 0) is 24.3 Å². The zero-order chi connectivity index (χ0) is 15.9. The molecule has 118 valence electrons. The summed E-state index contributed by atoms with van der Waals surface area (Å²) in [4.78, 5) is 14.6. The average Bonchev–Trinajstić information content (AvgIpc) is 3.28. The van der Waals surface area contributed by atoms with Gasteiger partial charge in [0.25, 0.3) is 0 Å². The van der Waals surface area contributed by atoms with Crippen molar-refractivity contribution in [1.82, 2.24) is 15.0 Å². The number of fused-ring (bicyclic) bond motifs is 2. The number of H-pyrrole nitrogens is 1. The Morgan fingerprint density at radius 3 is 2.88 bits per heavy atom. The molecule has 5 heteroatoms. The monoisotopic (exact) mass is 316 g/mol. The Morgan fingerprint density at radius 2 is 2.00 bits per heavy atom. The number of nitrogens with one attached hydrogen (secondary N) is 1. The first-order chi connectivity index (χ1) is 11.9. The van der Waals surface area contributed by atoms with E-state index in [0.717, 1.165) is 41.2 Å². The van der Waals surface area contributed by atoms with Crippen LogP contribution in [0.25, 0.3) is 11.0 Å². The van der Waals surface area contributed by atoms with Gasteiger partial charge >= 0.3 is 0 Å². The molecule has 24 heavy (non-hydrogen) atoms. The second-order valence-electron chi connectivity index (χ2n) is 5.99. The van der Waals surface area contributed by atoms with E-state index in [1.807, 2.05) is 42.6 Å². The third kappa shape index (κ3) is 2.01. The van der Waals surface area contributed by atoms with E-state index in [1.54, 1.807) is 6.33 Å². The highest BCUT2D eigenvalue weighted by atomic mass is 16.3. The molecule has 5 nitrogen and oxygen atoms in total. The maximum absolute atomic E-state index is 6.16. The number of hydrogen-bond acceptors (Lipinski definition) is 4. The number of imidazole rings is 1. The molecule has 1 atom stereocenters. The predicted molar refractivity (Wildman–Crippen MR) is 91.9 cm³/mol. The molecule has 0 bridgehead atoms. The SMILES string of the molecule is c1ccc(N2CCc3[nH]cnc3[C@H]2c2cc3ccccc3o2)nc1. The summed E-state index contributed by atoms with van der Waals surface area (Å²) in [7, 11) is 0. The minimum Gasteiger partial charge on any atom is -0.458 e. The van der Waals surface area contributed by atoms with Crippen LogP contribution in [0.5, 0.6) is 0 Å². The summed E-state index contributed by atoms with van der Waals surface area (Å²) in [5, 5.41) is 1.11. The highest BCUT2D eigenvalue weighted by Gasteiger charge is 2.34. The van der Waals surface area contributed by atoms with E-state index in [2.05, 4.69) is 32.0 Å². The molecule has 0 amide bonds. The Morgan fingerprint density at radius 1 is 1.08 bits per heavy atom. The lowest BCUT2D eigenvalue weighted by atomic mass is 10.00. The highest BCUT2D eigenvalue weighted by molar-refractivity contribution is 5.78. The van der Waals surface area contributed by atoms with Crippen LogP contribution in [0.15, 0.2) is 65.5 Å². The molecular formula is C19H16N4O. The van der Waals surface area contributed by atoms with Crippen LogP contribution in [0.3, 0.4) is 0 Å². The van der Waals surface area contributed by atoms with Crippen molar-refractivity contribution in [3.8, 4) is 0 Å². The van der Waals surface area contributed by atoms with Crippen LogP contribution in [0.4, 0.5) is 5.82 Å². The van der Waals surface area contributed by atoms with Gasteiger partial charge in [0.05, 0.1) is 12.0 Å². The van der Waals surface area contributed by atoms with E-state index in [4.69, 9.17) is 4.42 Å². The summed E-state index contributed by atoms with van der Waals surface area (Å²) < 4.78 is 6.16. The van der Waals surface area contributed by atoms with E-state index >= 15 is 0 Å². The lowest BCUT2D eigenvalue weighted by molar-refractivity contribution is 0.485. The minimum absolute atomic E-state index is 0.0673. The molecular weight excluding hydrogens is 300 g/mol. The third-order valence-corrected chi connectivity index (χ3v) is 4.58. The van der Waals surface area contributed by atoms with Gasteiger partial charge in [-0.2, -0.15) is 0 Å². The summed E-state index contributed by atoms with van der Waals surface area (Å²) in [6.07, 6.45) is 4.51. The Bertz CT molecular complexity index is 956. The molecule has 3 aromatic heterocycles. The number of aromatic nitrogens is 3. The smallest absolute Gasteiger partial charge is 0.134 e. The molecule has 4 aromatic rings. The number of anilines is 1. The van der Waals surface area contributed by atoms with Crippen molar-refractivity contribution in [1.29, 1.82) is 0 Å². The molecule has 4 heterocycles. The third-order valence-electron chi connectivity index (χ3n) is 4.58. The van der Waals surface area contributed by atoms with Gasteiger partial charge in [0.1, 0.15) is 23.2 Å². The molecule has 1 N–H and O–H groups in total. The van der Waals surface area contributed by atoms with Crippen molar-refractivity contribution in [3.05, 3.63) is 78.2 Å². The van der Waals surface area contributed by atoms with Crippen LogP contribution in [-0.2, 0) is 6.42 Å². The van der Waals surface area contributed by atoms with Crippen molar-refractivity contribution in [2.45, 2.75) is 12.5 Å². The number of para-hydroxylation sites is 1. The van der Waals surface area contributed by atoms with E-state index in [-0.39, 0.29) is 6.04 Å². The Hall–Kier alpha value is -3.08. The van der Waals surface area contributed by atoms with Crippen LogP contribution in [0.1, 0.15) is 23.2 Å². The Labute approximate surface area is 139 Å². The molecule has 1 aliphatic rings. The van der Waals surface area contributed by atoms with Crippen LogP contribution >= 0.6 is 0 Å². The topological polar surface area (TPSA) is 58.0 Å². The van der Waals surface area contributed by atoms with Crippen molar-refractivity contribution in [2.75, 3.05) is 11.4 Å². The molecule has 5 rings (SSSR count). The first-order valence-corrected chi connectivity index (χ1v) is 8.08. The molecule has 0 saturated heterocycles. The van der Waals surface area contributed by atoms with Crippen molar-refractivity contribution >= 4 is 16.8 Å². The standard InChI is InChI=1S/C19H16N4O/c1-2-6-15-13(5-1)11-16(24-15)19-18-14(21-12-22-18)8-10-23(19)17-7-3-4-9-20-17/h1-7,9,11-12,19H,8,10H2,(H,21,22)/t19-/m1/s1. The number of aromatic amines is 1. The first kappa shape index (κ1) is 13.4. The maximum Gasteiger partial charge on any atom is 0.134 e. The summed E-state index contributed by atoms with van der Waals surface area (Å²) in [6, 6.07) is 16.1. The van der Waals surface area contributed by atoms with Gasteiger partial charge in [-0.15, -0.1) is 0 Å². The van der Waals surface area contributed by atoms with Gasteiger partial charge in [0.2, 0.25) is 0 Å². The van der Waals surface area contributed by atoms with Gasteiger partial charge in [-0.3, -0.25) is 0 Å². The van der Waals surface area contributed by atoms with Crippen LogP contribution in [0.2, 0.25) is 0 Å². The number of pyridine rings is 1. The van der Waals surface area contributed by atoms with Crippen molar-refractivity contribution in [3.63, 3.8) is 0 Å². The van der Waals surface area contributed by atoms with E-state index in [1.165, 1.54) is 5.69 Å². The van der Waals surface area contributed by atoms with Crippen LogP contribution in [0, 0.1) is 0 Å². The van der Waals surface area contributed by atoms with E-state index in [9.17, 15) is 0 Å². The normalized spacial score (nSPS) is 17.2. The van der Waals surface area contributed by atoms with Crippen LogP contribution in [-0.4, -0.2) is 21.5 Å². The van der Waals surface area contributed by atoms with Gasteiger partial charge in [0, 0.05) is 30.2 Å². The largest absolute Gasteiger partial charge is 0.458 e. The highest BCUT2D eigenvalue weighted by Crippen LogP contribution is 2.38. The fourth-order valence-corrected chi connectivity index (χ4v) is 3.47. The second kappa shape index (κ2) is 5.23. The Kier molecular flexibility index (Phi) is 2.91. The molecule has 0 unspecified atom stereocenters. The molecule has 0 spiro atoms. The van der Waals surface area contributed by atoms with E-state index < -0.39 is 0 Å². The van der Waals surface area contributed by atoms with Gasteiger partial charge < -0.3 is 14.3 Å². The molecule has 0 saturated carbocycles. The van der Waals surface area contributed by atoms with Crippen LogP contribution < -0.4 is 4.90 Å². The average molecular weight is 316 g/mol. The molecule has 1 aromatic carbocycles. The number of rotatable bonds is 2. The quantitative estimate of drug-likeness (QED) is 0.612. The number of hydrogen-bond donors (Lipinski definition) is 1.